The molecular formula is C35H49N3O3. The fourth-order valence-corrected chi connectivity index (χ4v) is 7.72. The molecule has 6 nitrogen and oxygen atoms in total. The maximum absolute atomic E-state index is 11.7. The molecule has 2 aromatic carbocycles. The first-order valence-corrected chi connectivity index (χ1v) is 16.2. The summed E-state index contributed by atoms with van der Waals surface area (Å²) in [5.74, 6) is 2.51. The number of hydrogen-bond acceptors (Lipinski definition) is 5. The summed E-state index contributed by atoms with van der Waals surface area (Å²) in [5.41, 5.74) is 4.51. The summed E-state index contributed by atoms with van der Waals surface area (Å²) in [7, 11) is 0. The second-order valence-electron chi connectivity index (χ2n) is 13.4. The zero-order chi connectivity index (χ0) is 28.6. The SMILES string of the molecule is CC(C)CC(CCCC1C[C@H](CN2CCC(CCCc3ccc4nonc4c3)CC2)[C@@H](c2ccccc2)C1)C(=O)O. The van der Waals surface area contributed by atoms with Gasteiger partial charge in [0, 0.05) is 6.54 Å². The highest BCUT2D eigenvalue weighted by molar-refractivity contribution is 5.73. The Hall–Kier alpha value is -2.73. The first kappa shape index (κ1) is 29.8. The average molecular weight is 560 g/mol. The van der Waals surface area contributed by atoms with Gasteiger partial charge in [0.2, 0.25) is 0 Å². The molecule has 0 bridgehead atoms. The van der Waals surface area contributed by atoms with Gasteiger partial charge in [-0.2, -0.15) is 0 Å². The van der Waals surface area contributed by atoms with E-state index in [1.54, 1.807) is 0 Å². The minimum atomic E-state index is -0.612. The molecule has 0 amide bonds. The van der Waals surface area contributed by atoms with Gasteiger partial charge in [0.1, 0.15) is 11.0 Å². The van der Waals surface area contributed by atoms with Crippen molar-refractivity contribution in [1.29, 1.82) is 0 Å². The van der Waals surface area contributed by atoms with Crippen molar-refractivity contribution in [3.8, 4) is 0 Å². The standard InChI is InChI=1S/C35H49N3O3/c1-25(2)20-30(35(39)40)13-7-10-28-21-31(32(22-28)29-11-4-3-5-12-29)24-38-18-16-26(17-19-38)8-6-9-27-14-15-33-34(23-27)37-41-36-33/h3-5,11-12,14-15,23,25-26,28,30-32H,6-10,13,16-22,24H2,1-2H3,(H,39,40)/t28?,30?,31-,32-/m1/s1. The zero-order valence-electron chi connectivity index (χ0n) is 25.1. The second-order valence-corrected chi connectivity index (χ2v) is 13.4. The van der Waals surface area contributed by atoms with Crippen LogP contribution in [0.5, 0.6) is 0 Å². The molecular weight excluding hydrogens is 510 g/mol. The summed E-state index contributed by atoms with van der Waals surface area (Å²) >= 11 is 0. The molecule has 6 heteroatoms. The van der Waals surface area contributed by atoms with Crippen molar-refractivity contribution < 1.29 is 14.5 Å². The van der Waals surface area contributed by atoms with E-state index in [4.69, 9.17) is 4.63 Å². The van der Waals surface area contributed by atoms with Gasteiger partial charge >= 0.3 is 5.97 Å². The van der Waals surface area contributed by atoms with Crippen LogP contribution < -0.4 is 0 Å². The molecule has 41 heavy (non-hydrogen) atoms. The molecule has 2 heterocycles. The molecule has 2 aliphatic rings. The fourth-order valence-electron chi connectivity index (χ4n) is 7.72. The lowest BCUT2D eigenvalue weighted by molar-refractivity contribution is -0.142. The summed E-state index contributed by atoms with van der Waals surface area (Å²) in [6, 6.07) is 17.4. The van der Waals surface area contributed by atoms with E-state index in [9.17, 15) is 9.90 Å². The van der Waals surface area contributed by atoms with E-state index in [0.29, 0.717) is 23.7 Å². The Kier molecular flexibility index (Phi) is 10.5. The van der Waals surface area contributed by atoms with Gasteiger partial charge in [0.25, 0.3) is 0 Å². The third kappa shape index (κ3) is 8.41. The summed E-state index contributed by atoms with van der Waals surface area (Å²) in [6.45, 7) is 7.91. The number of aryl methyl sites for hydroxylation is 1. The molecule has 5 rings (SSSR count). The number of aromatic nitrogens is 2. The summed E-state index contributed by atoms with van der Waals surface area (Å²) in [4.78, 5) is 14.5. The van der Waals surface area contributed by atoms with Gasteiger partial charge in [-0.3, -0.25) is 4.79 Å². The zero-order valence-corrected chi connectivity index (χ0v) is 25.1. The number of nitrogens with zero attached hydrogens (tertiary/aromatic N) is 3. The Morgan fingerprint density at radius 2 is 1.73 bits per heavy atom. The number of fused-ring (bicyclic) bond motifs is 1. The van der Waals surface area contributed by atoms with Gasteiger partial charge in [-0.05, 0) is 128 Å². The lowest BCUT2D eigenvalue weighted by Gasteiger charge is -2.35. The molecule has 1 aromatic heterocycles. The molecule has 4 atom stereocenters. The van der Waals surface area contributed by atoms with Gasteiger partial charge in [0.05, 0.1) is 5.92 Å². The molecule has 2 fully saturated rings. The van der Waals surface area contributed by atoms with Crippen molar-refractivity contribution in [1.82, 2.24) is 15.2 Å². The molecule has 0 radical (unpaired) electrons. The molecule has 1 N–H and O–H groups in total. The van der Waals surface area contributed by atoms with Gasteiger partial charge in [-0.1, -0.05) is 69.5 Å². The molecule has 222 valence electrons. The lowest BCUT2D eigenvalue weighted by atomic mass is 9.86. The van der Waals surface area contributed by atoms with Crippen LogP contribution in [-0.2, 0) is 11.2 Å². The number of likely N-dealkylation sites (tertiary alicyclic amines) is 1. The van der Waals surface area contributed by atoms with Crippen LogP contribution in [-0.4, -0.2) is 45.9 Å². The first-order chi connectivity index (χ1) is 19.9. The minimum absolute atomic E-state index is 0.187. The second kappa shape index (κ2) is 14.4. The fraction of sp³-hybridized carbons (Fsp3) is 0.629. The van der Waals surface area contributed by atoms with Crippen molar-refractivity contribution >= 4 is 17.0 Å². The van der Waals surface area contributed by atoms with Crippen LogP contribution in [0.2, 0.25) is 0 Å². The molecule has 1 saturated carbocycles. The summed E-state index contributed by atoms with van der Waals surface area (Å²) < 4.78 is 4.84. The van der Waals surface area contributed by atoms with Crippen LogP contribution >= 0.6 is 0 Å². The van der Waals surface area contributed by atoms with Gasteiger partial charge in [-0.15, -0.1) is 0 Å². The van der Waals surface area contributed by atoms with Crippen LogP contribution in [0.1, 0.15) is 95.1 Å². The quantitative estimate of drug-likeness (QED) is 0.216. The van der Waals surface area contributed by atoms with Crippen LogP contribution in [0.15, 0.2) is 53.2 Å². The van der Waals surface area contributed by atoms with Crippen molar-refractivity contribution in [3.63, 3.8) is 0 Å². The summed E-state index contributed by atoms with van der Waals surface area (Å²) in [5, 5.41) is 17.5. The molecule has 1 aliphatic carbocycles. The molecule has 0 spiro atoms. The predicted octanol–water partition coefficient (Wildman–Crippen LogP) is 7.98. The van der Waals surface area contributed by atoms with E-state index in [1.807, 2.05) is 6.07 Å². The highest BCUT2D eigenvalue weighted by Gasteiger charge is 2.36. The lowest BCUT2D eigenvalue weighted by Crippen LogP contribution is -2.37. The largest absolute Gasteiger partial charge is 0.481 e. The Morgan fingerprint density at radius 1 is 0.976 bits per heavy atom. The van der Waals surface area contributed by atoms with E-state index in [-0.39, 0.29) is 5.92 Å². The van der Waals surface area contributed by atoms with Crippen LogP contribution in [0.25, 0.3) is 11.0 Å². The van der Waals surface area contributed by atoms with E-state index in [0.717, 1.165) is 42.6 Å². The Balaban J connectivity index is 1.08. The Labute approximate surface area is 245 Å². The number of piperidine rings is 1. The molecule has 1 saturated heterocycles. The highest BCUT2D eigenvalue weighted by atomic mass is 16.6. The van der Waals surface area contributed by atoms with Crippen LogP contribution in [0.4, 0.5) is 0 Å². The topological polar surface area (TPSA) is 79.5 Å². The number of aliphatic carboxylic acids is 1. The predicted molar refractivity (Wildman–Crippen MR) is 164 cm³/mol. The smallest absolute Gasteiger partial charge is 0.306 e. The third-order valence-electron chi connectivity index (χ3n) is 9.89. The first-order valence-electron chi connectivity index (χ1n) is 16.2. The Morgan fingerprint density at radius 3 is 2.49 bits per heavy atom. The van der Waals surface area contributed by atoms with Crippen molar-refractivity contribution in [2.75, 3.05) is 19.6 Å². The number of carboxylic acids is 1. The minimum Gasteiger partial charge on any atom is -0.481 e. The van der Waals surface area contributed by atoms with Crippen molar-refractivity contribution in [2.45, 2.75) is 90.4 Å². The Bertz CT molecular complexity index is 1220. The third-order valence-corrected chi connectivity index (χ3v) is 9.89. The van der Waals surface area contributed by atoms with Gasteiger partial charge < -0.3 is 10.0 Å². The average Bonchev–Trinajstić information content (AvgIpc) is 3.60. The maximum Gasteiger partial charge on any atom is 0.306 e. The van der Waals surface area contributed by atoms with E-state index in [2.05, 4.69) is 71.5 Å². The normalized spacial score (nSPS) is 23.0. The van der Waals surface area contributed by atoms with Crippen LogP contribution in [0.3, 0.4) is 0 Å². The number of benzene rings is 2. The van der Waals surface area contributed by atoms with E-state index < -0.39 is 5.97 Å². The van der Waals surface area contributed by atoms with Gasteiger partial charge in [0.15, 0.2) is 0 Å². The number of carboxylic acid groups (broad SMARTS) is 1. The van der Waals surface area contributed by atoms with Gasteiger partial charge in [-0.25, -0.2) is 4.63 Å². The number of hydrogen-bond donors (Lipinski definition) is 1. The van der Waals surface area contributed by atoms with Crippen molar-refractivity contribution in [3.05, 3.63) is 59.7 Å². The number of carbonyl (C=O) groups is 1. The number of rotatable bonds is 14. The van der Waals surface area contributed by atoms with Crippen molar-refractivity contribution in [2.24, 2.45) is 29.6 Å². The maximum atomic E-state index is 11.7. The van der Waals surface area contributed by atoms with Crippen LogP contribution in [0, 0.1) is 29.6 Å². The monoisotopic (exact) mass is 559 g/mol. The molecule has 2 unspecified atom stereocenters. The molecule has 1 aliphatic heterocycles. The van der Waals surface area contributed by atoms with E-state index in [1.165, 1.54) is 75.7 Å². The molecule has 3 aromatic rings. The summed E-state index contributed by atoms with van der Waals surface area (Å²) in [6.07, 6.45) is 12.6. The highest BCUT2D eigenvalue weighted by Crippen LogP contribution is 2.46. The van der Waals surface area contributed by atoms with E-state index >= 15 is 0 Å².